The topological polar surface area (TPSA) is 66.6 Å². The molecule has 1 atom stereocenters. The maximum absolute atomic E-state index is 11.3. The van der Waals surface area contributed by atoms with Gasteiger partial charge < -0.3 is 15.7 Å². The maximum atomic E-state index is 11.3. The van der Waals surface area contributed by atoms with E-state index in [9.17, 15) is 9.90 Å². The molecule has 1 aliphatic rings. The zero-order chi connectivity index (χ0) is 22.0. The SMILES string of the molecule is Cc1ccc(-c2ccc(Cl)cc2)c(C(O)C2CCN(c3ccc(C(N)=O)cc3)CC2)c1. The van der Waals surface area contributed by atoms with Crippen LogP contribution in [0.4, 0.5) is 5.69 Å². The minimum atomic E-state index is -0.523. The second kappa shape index (κ2) is 9.13. The van der Waals surface area contributed by atoms with Crippen molar-refractivity contribution in [2.45, 2.75) is 25.9 Å². The molecule has 1 amide bonds. The Morgan fingerprint density at radius 1 is 1.03 bits per heavy atom. The normalized spacial score (nSPS) is 15.6. The average molecular weight is 435 g/mol. The molecule has 5 heteroatoms. The number of aliphatic hydroxyl groups is 1. The molecule has 0 aliphatic carbocycles. The second-order valence-electron chi connectivity index (χ2n) is 8.28. The summed E-state index contributed by atoms with van der Waals surface area (Å²) in [5.74, 6) is -0.225. The van der Waals surface area contributed by atoms with Gasteiger partial charge in [-0.25, -0.2) is 0 Å². The first-order valence-corrected chi connectivity index (χ1v) is 11.0. The summed E-state index contributed by atoms with van der Waals surface area (Å²) in [5, 5.41) is 12.0. The number of nitrogens with zero attached hydrogens (tertiary/aromatic N) is 1. The van der Waals surface area contributed by atoms with Gasteiger partial charge in [0.15, 0.2) is 0 Å². The lowest BCUT2D eigenvalue weighted by atomic mass is 9.83. The van der Waals surface area contributed by atoms with Crippen LogP contribution in [-0.2, 0) is 0 Å². The number of aliphatic hydroxyl groups excluding tert-OH is 1. The lowest BCUT2D eigenvalue weighted by molar-refractivity contribution is 0.0933. The highest BCUT2D eigenvalue weighted by Gasteiger charge is 2.28. The summed E-state index contributed by atoms with van der Waals surface area (Å²) in [6.45, 7) is 3.78. The first-order valence-electron chi connectivity index (χ1n) is 10.6. The fourth-order valence-corrected chi connectivity index (χ4v) is 4.51. The van der Waals surface area contributed by atoms with Crippen LogP contribution in [0.2, 0.25) is 5.02 Å². The van der Waals surface area contributed by atoms with E-state index in [0.717, 1.165) is 53.9 Å². The van der Waals surface area contributed by atoms with Crippen LogP contribution in [0.3, 0.4) is 0 Å². The molecule has 3 aromatic rings. The van der Waals surface area contributed by atoms with Crippen molar-refractivity contribution in [3.8, 4) is 11.1 Å². The first-order chi connectivity index (χ1) is 14.9. The van der Waals surface area contributed by atoms with E-state index in [1.165, 1.54) is 0 Å². The number of anilines is 1. The Labute approximate surface area is 188 Å². The van der Waals surface area contributed by atoms with Crippen molar-refractivity contribution in [3.63, 3.8) is 0 Å². The number of aryl methyl sites for hydroxylation is 1. The van der Waals surface area contributed by atoms with Crippen LogP contribution in [0.15, 0.2) is 66.7 Å². The van der Waals surface area contributed by atoms with Gasteiger partial charge in [-0.1, -0.05) is 47.5 Å². The summed E-state index contributed by atoms with van der Waals surface area (Å²) in [6, 6.07) is 21.5. The fourth-order valence-electron chi connectivity index (χ4n) is 4.38. The monoisotopic (exact) mass is 434 g/mol. The number of primary amides is 1. The predicted octanol–water partition coefficient (Wildman–Crippen LogP) is 5.36. The van der Waals surface area contributed by atoms with E-state index in [-0.39, 0.29) is 5.92 Å². The standard InChI is InChI=1S/C26H27ClN2O2/c1-17-2-11-23(18-3-7-21(27)8-4-18)24(16-17)25(30)19-12-14-29(15-13-19)22-9-5-20(6-10-22)26(28)31/h2-11,16,19,25,30H,12-15H2,1H3,(H2,28,31). The van der Waals surface area contributed by atoms with E-state index in [4.69, 9.17) is 17.3 Å². The third-order valence-corrected chi connectivity index (χ3v) is 6.44. The number of benzene rings is 3. The van der Waals surface area contributed by atoms with Gasteiger partial charge in [0.1, 0.15) is 0 Å². The summed E-state index contributed by atoms with van der Waals surface area (Å²) < 4.78 is 0. The van der Waals surface area contributed by atoms with Gasteiger partial charge >= 0.3 is 0 Å². The van der Waals surface area contributed by atoms with Crippen molar-refractivity contribution in [1.82, 2.24) is 0 Å². The van der Waals surface area contributed by atoms with Gasteiger partial charge in [0, 0.05) is 29.4 Å². The van der Waals surface area contributed by atoms with Gasteiger partial charge in [-0.05, 0) is 78.8 Å². The highest BCUT2D eigenvalue weighted by Crippen LogP contribution is 2.38. The molecular weight excluding hydrogens is 408 g/mol. The van der Waals surface area contributed by atoms with Crippen LogP contribution in [0, 0.1) is 12.8 Å². The highest BCUT2D eigenvalue weighted by molar-refractivity contribution is 6.30. The Morgan fingerprint density at radius 3 is 2.29 bits per heavy atom. The molecule has 1 saturated heterocycles. The molecule has 3 aromatic carbocycles. The molecule has 1 fully saturated rings. The molecule has 31 heavy (non-hydrogen) atoms. The van der Waals surface area contributed by atoms with Gasteiger partial charge in [0.05, 0.1) is 6.10 Å². The van der Waals surface area contributed by atoms with E-state index in [0.29, 0.717) is 10.6 Å². The van der Waals surface area contributed by atoms with Crippen molar-refractivity contribution >= 4 is 23.2 Å². The average Bonchev–Trinajstić information content (AvgIpc) is 2.79. The first kappa shape index (κ1) is 21.4. The summed E-state index contributed by atoms with van der Waals surface area (Å²) >= 11 is 6.06. The fraction of sp³-hybridized carbons (Fsp3) is 0.269. The number of nitrogens with two attached hydrogens (primary N) is 1. The molecule has 0 saturated carbocycles. The van der Waals surface area contributed by atoms with Crippen LogP contribution >= 0.6 is 11.6 Å². The molecule has 0 bridgehead atoms. The number of carbonyl (C=O) groups is 1. The number of hydrogen-bond donors (Lipinski definition) is 2. The summed E-state index contributed by atoms with van der Waals surface area (Å²) in [6.07, 6.45) is 1.27. The van der Waals surface area contributed by atoms with Gasteiger partial charge in [-0.2, -0.15) is 0 Å². The van der Waals surface area contributed by atoms with E-state index in [1.54, 1.807) is 12.1 Å². The highest BCUT2D eigenvalue weighted by atomic mass is 35.5. The molecule has 3 N–H and O–H groups in total. The van der Waals surface area contributed by atoms with E-state index < -0.39 is 12.0 Å². The lowest BCUT2D eigenvalue weighted by Gasteiger charge is -2.36. The molecule has 0 spiro atoms. The maximum Gasteiger partial charge on any atom is 0.248 e. The van der Waals surface area contributed by atoms with Crippen LogP contribution in [-0.4, -0.2) is 24.1 Å². The number of carbonyl (C=O) groups excluding carboxylic acids is 1. The summed E-state index contributed by atoms with van der Waals surface area (Å²) in [7, 11) is 0. The lowest BCUT2D eigenvalue weighted by Crippen LogP contribution is -2.35. The third-order valence-electron chi connectivity index (χ3n) is 6.18. The van der Waals surface area contributed by atoms with E-state index >= 15 is 0 Å². The molecule has 1 unspecified atom stereocenters. The van der Waals surface area contributed by atoms with E-state index in [2.05, 4.69) is 30.0 Å². The molecule has 160 valence electrons. The molecule has 1 heterocycles. The second-order valence-corrected chi connectivity index (χ2v) is 8.71. The van der Waals surface area contributed by atoms with Crippen molar-refractivity contribution < 1.29 is 9.90 Å². The Hall–Kier alpha value is -2.82. The van der Waals surface area contributed by atoms with Gasteiger partial charge in [-0.15, -0.1) is 0 Å². The quantitative estimate of drug-likeness (QED) is 0.567. The predicted molar refractivity (Wildman–Crippen MR) is 126 cm³/mol. The van der Waals surface area contributed by atoms with Crippen molar-refractivity contribution in [2.75, 3.05) is 18.0 Å². The molecule has 4 rings (SSSR count). The molecular formula is C26H27ClN2O2. The molecule has 0 radical (unpaired) electrons. The van der Waals surface area contributed by atoms with Crippen LogP contribution < -0.4 is 10.6 Å². The smallest absolute Gasteiger partial charge is 0.248 e. The van der Waals surface area contributed by atoms with E-state index in [1.807, 2.05) is 36.4 Å². The molecule has 0 aromatic heterocycles. The third kappa shape index (κ3) is 4.76. The number of rotatable bonds is 5. The van der Waals surface area contributed by atoms with Crippen molar-refractivity contribution in [1.29, 1.82) is 0 Å². The molecule has 4 nitrogen and oxygen atoms in total. The van der Waals surface area contributed by atoms with Gasteiger partial charge in [0.25, 0.3) is 0 Å². The Bertz CT molecular complexity index is 1060. The van der Waals surface area contributed by atoms with Crippen LogP contribution in [0.1, 0.15) is 40.4 Å². The minimum absolute atomic E-state index is 0.189. The van der Waals surface area contributed by atoms with Crippen molar-refractivity contribution in [3.05, 3.63) is 88.4 Å². The van der Waals surface area contributed by atoms with Crippen LogP contribution in [0.25, 0.3) is 11.1 Å². The number of piperidine rings is 1. The molecule has 1 aliphatic heterocycles. The Balaban J connectivity index is 1.50. The summed E-state index contributed by atoms with van der Waals surface area (Å²) in [4.78, 5) is 13.6. The zero-order valence-electron chi connectivity index (χ0n) is 17.6. The summed E-state index contributed by atoms with van der Waals surface area (Å²) in [5.41, 5.74) is 11.2. The Kier molecular flexibility index (Phi) is 6.30. The zero-order valence-corrected chi connectivity index (χ0v) is 18.3. The largest absolute Gasteiger partial charge is 0.388 e. The number of amides is 1. The number of halogens is 1. The van der Waals surface area contributed by atoms with Crippen LogP contribution in [0.5, 0.6) is 0 Å². The van der Waals surface area contributed by atoms with Gasteiger partial charge in [-0.3, -0.25) is 4.79 Å². The number of hydrogen-bond acceptors (Lipinski definition) is 3. The van der Waals surface area contributed by atoms with Crippen molar-refractivity contribution in [2.24, 2.45) is 11.7 Å². The Morgan fingerprint density at radius 2 is 1.68 bits per heavy atom. The minimum Gasteiger partial charge on any atom is -0.388 e. The van der Waals surface area contributed by atoms with Gasteiger partial charge in [0.2, 0.25) is 5.91 Å².